The van der Waals surface area contributed by atoms with E-state index in [0.29, 0.717) is 25.7 Å². The van der Waals surface area contributed by atoms with Crippen molar-refractivity contribution in [2.45, 2.75) is 250 Å². The van der Waals surface area contributed by atoms with Crippen molar-refractivity contribution in [1.82, 2.24) is 0 Å². The van der Waals surface area contributed by atoms with Crippen LogP contribution in [-0.2, 0) is 42.9 Å². The van der Waals surface area contributed by atoms with Gasteiger partial charge in [-0.25, -0.2) is 4.79 Å². The van der Waals surface area contributed by atoms with Crippen LogP contribution in [0.25, 0.3) is 0 Å². The quantitative estimate of drug-likeness (QED) is 0.0228. The molecule has 0 spiro atoms. The Kier molecular flexibility index (Phi) is 45.8. The van der Waals surface area contributed by atoms with Crippen molar-refractivity contribution in [1.29, 1.82) is 0 Å². The first-order chi connectivity index (χ1) is 36.6. The molecule has 1 fully saturated rings. The van der Waals surface area contributed by atoms with E-state index in [1.165, 1.54) is 44.9 Å². The number of carboxylic acids is 1. The van der Waals surface area contributed by atoms with Crippen LogP contribution in [0.5, 0.6) is 0 Å². The van der Waals surface area contributed by atoms with Gasteiger partial charge in [0, 0.05) is 19.3 Å². The minimum absolute atomic E-state index is 0.0225. The van der Waals surface area contributed by atoms with E-state index < -0.39 is 67.3 Å². The molecule has 0 aromatic heterocycles. The molecule has 0 amide bonds. The first-order valence-electron chi connectivity index (χ1n) is 28.9. The number of aliphatic hydroxyl groups is 2. The highest BCUT2D eigenvalue weighted by molar-refractivity contribution is 5.74. The van der Waals surface area contributed by atoms with Gasteiger partial charge in [-0.05, 0) is 96.3 Å². The van der Waals surface area contributed by atoms with Crippen molar-refractivity contribution in [2.75, 3.05) is 13.2 Å². The van der Waals surface area contributed by atoms with Crippen LogP contribution < -0.4 is 0 Å². The van der Waals surface area contributed by atoms with Crippen LogP contribution in [0.4, 0.5) is 0 Å². The van der Waals surface area contributed by atoms with E-state index >= 15 is 0 Å². The van der Waals surface area contributed by atoms with E-state index in [9.17, 15) is 34.5 Å². The Hall–Kier alpha value is -4.62. The first-order valence-corrected chi connectivity index (χ1v) is 28.9. The summed E-state index contributed by atoms with van der Waals surface area (Å²) < 4.78 is 28.3. The number of hydrogen-bond acceptors (Lipinski definition) is 11. The van der Waals surface area contributed by atoms with Crippen LogP contribution in [0, 0.1) is 0 Å². The van der Waals surface area contributed by atoms with E-state index in [4.69, 9.17) is 23.7 Å². The molecule has 0 bridgehead atoms. The first kappa shape index (κ1) is 68.4. The van der Waals surface area contributed by atoms with Gasteiger partial charge in [0.2, 0.25) is 0 Å². The Balaban J connectivity index is 2.74. The number of carboxylic acid groups (broad SMARTS) is 1. The Morgan fingerprint density at radius 3 is 1.32 bits per heavy atom. The van der Waals surface area contributed by atoms with E-state index in [2.05, 4.69) is 124 Å². The molecule has 6 unspecified atom stereocenters. The molecule has 0 aromatic rings. The molecule has 1 aliphatic rings. The summed E-state index contributed by atoms with van der Waals surface area (Å²) in [5.74, 6) is -3.24. The summed E-state index contributed by atoms with van der Waals surface area (Å²) in [5.41, 5.74) is 0. The highest BCUT2D eigenvalue weighted by Gasteiger charge is 2.50. The Bertz CT molecular complexity index is 1720. The monoisotopic (exact) mass is 1050 g/mol. The second-order valence-electron chi connectivity index (χ2n) is 19.2. The van der Waals surface area contributed by atoms with Crippen molar-refractivity contribution in [3.8, 4) is 0 Å². The van der Waals surface area contributed by atoms with Gasteiger partial charge in [0.1, 0.15) is 18.8 Å². The molecule has 1 rings (SSSR count). The van der Waals surface area contributed by atoms with Gasteiger partial charge in [0.15, 0.2) is 24.6 Å². The summed E-state index contributed by atoms with van der Waals surface area (Å²) in [5, 5.41) is 31.4. The SMILES string of the molecule is CC/C=C\C/C=C\C/C=C\C/C=C\C/C=C\CCCC(=O)OCC(COC1OC(C(=O)O)C(O)C(O)C1OC(=O)CCCCCC/C=C\C/C=C\C/C=C\C/C=C\CC)OC(=O)CCCCCCCCCCCCC. The number of hydrogen-bond donors (Lipinski definition) is 3. The van der Waals surface area contributed by atoms with Gasteiger partial charge in [0.05, 0.1) is 6.61 Å². The van der Waals surface area contributed by atoms with Crippen molar-refractivity contribution in [2.24, 2.45) is 0 Å². The fraction of sp³-hybridized carbons (Fsp3) is 0.651. The third kappa shape index (κ3) is 40.3. The molecule has 6 atom stereocenters. The van der Waals surface area contributed by atoms with Crippen LogP contribution >= 0.6 is 0 Å². The second-order valence-corrected chi connectivity index (χ2v) is 19.2. The molecule has 1 heterocycles. The van der Waals surface area contributed by atoms with Gasteiger partial charge in [0.25, 0.3) is 0 Å². The topological polar surface area (TPSA) is 175 Å². The fourth-order valence-corrected chi connectivity index (χ4v) is 7.98. The highest BCUT2D eigenvalue weighted by atomic mass is 16.7. The van der Waals surface area contributed by atoms with Crippen molar-refractivity contribution < 1.29 is 58.2 Å². The molecule has 75 heavy (non-hydrogen) atoms. The molecule has 1 saturated heterocycles. The molecule has 0 aliphatic carbocycles. The number of aliphatic carboxylic acids is 1. The summed E-state index contributed by atoms with van der Waals surface area (Å²) in [4.78, 5) is 51.0. The maximum atomic E-state index is 13.1. The molecule has 424 valence electrons. The fourth-order valence-electron chi connectivity index (χ4n) is 7.98. The number of unbranched alkanes of at least 4 members (excludes halogenated alkanes) is 15. The van der Waals surface area contributed by atoms with Gasteiger partial charge in [-0.3, -0.25) is 14.4 Å². The van der Waals surface area contributed by atoms with Crippen LogP contribution in [0.2, 0.25) is 0 Å². The predicted octanol–water partition coefficient (Wildman–Crippen LogP) is 14.7. The molecule has 0 saturated carbocycles. The Morgan fingerprint density at radius 2 is 0.853 bits per heavy atom. The van der Waals surface area contributed by atoms with Gasteiger partial charge >= 0.3 is 23.9 Å². The van der Waals surface area contributed by atoms with Crippen LogP contribution in [0.1, 0.15) is 213 Å². The zero-order chi connectivity index (χ0) is 54.7. The van der Waals surface area contributed by atoms with Crippen molar-refractivity contribution >= 4 is 23.9 Å². The molecule has 3 N–H and O–H groups in total. The normalized spacial score (nSPS) is 19.0. The average molecular weight is 1050 g/mol. The molecular formula is C63H100O12. The van der Waals surface area contributed by atoms with Crippen LogP contribution in [-0.4, -0.2) is 89.2 Å². The zero-order valence-electron chi connectivity index (χ0n) is 46.5. The largest absolute Gasteiger partial charge is 0.479 e. The smallest absolute Gasteiger partial charge is 0.335 e. The number of rotatable bonds is 47. The van der Waals surface area contributed by atoms with Crippen molar-refractivity contribution in [3.63, 3.8) is 0 Å². The van der Waals surface area contributed by atoms with Gasteiger partial charge in [-0.15, -0.1) is 0 Å². The Labute approximate surface area is 453 Å². The summed E-state index contributed by atoms with van der Waals surface area (Å²) in [6, 6.07) is 0. The third-order valence-electron chi connectivity index (χ3n) is 12.3. The molecule has 0 aromatic carbocycles. The number of carbonyl (C=O) groups is 4. The summed E-state index contributed by atoms with van der Waals surface area (Å²) in [6.45, 7) is 5.68. The van der Waals surface area contributed by atoms with Crippen molar-refractivity contribution in [3.05, 3.63) is 109 Å². The minimum atomic E-state index is -1.92. The lowest BCUT2D eigenvalue weighted by Gasteiger charge is -2.40. The van der Waals surface area contributed by atoms with E-state index in [1.54, 1.807) is 0 Å². The zero-order valence-corrected chi connectivity index (χ0v) is 46.5. The lowest BCUT2D eigenvalue weighted by Crippen LogP contribution is -2.61. The lowest BCUT2D eigenvalue weighted by molar-refractivity contribution is -0.301. The third-order valence-corrected chi connectivity index (χ3v) is 12.3. The summed E-state index contributed by atoms with van der Waals surface area (Å²) in [6.07, 6.45) is 55.0. The average Bonchev–Trinajstić information content (AvgIpc) is 3.39. The highest BCUT2D eigenvalue weighted by Crippen LogP contribution is 2.26. The molecule has 0 radical (unpaired) electrons. The standard InChI is InChI=1S/C63H100O12/c1-4-7-10-13-16-19-22-24-26-28-30-32-35-37-40-43-46-49-55(64)71-52-54(73-56(65)50-47-44-41-38-34-21-18-15-12-9-6-3)53-72-63-61(59(68)58(67)60(75-63)62(69)70)74-57(66)51-48-45-42-39-36-33-31-29-27-25-23-20-17-14-11-8-5-2/h7-8,10-11,16-17,19-20,24-27,30-33,37,40,54,58-61,63,67-68H,4-6,9,12-15,18,21-23,28-29,34-36,38-39,41-53H2,1-3H3,(H,69,70)/b10-7-,11-8-,19-16-,20-17-,26-24-,27-25-,32-30-,33-31-,40-37-. The maximum Gasteiger partial charge on any atom is 0.335 e. The molecule has 12 heteroatoms. The number of esters is 3. The lowest BCUT2D eigenvalue weighted by atomic mass is 9.98. The van der Waals surface area contributed by atoms with E-state index in [0.717, 1.165) is 103 Å². The molecule has 12 nitrogen and oxygen atoms in total. The predicted molar refractivity (Wildman–Crippen MR) is 303 cm³/mol. The Morgan fingerprint density at radius 1 is 0.453 bits per heavy atom. The maximum absolute atomic E-state index is 13.1. The molecular weight excluding hydrogens is 949 g/mol. The van der Waals surface area contributed by atoms with E-state index in [-0.39, 0.29) is 25.9 Å². The summed E-state index contributed by atoms with van der Waals surface area (Å²) >= 11 is 0. The van der Waals surface area contributed by atoms with Gasteiger partial charge in [-0.1, -0.05) is 207 Å². The second kappa shape index (κ2) is 50.2. The molecule has 1 aliphatic heterocycles. The van der Waals surface area contributed by atoms with E-state index in [1.807, 2.05) is 6.08 Å². The number of ether oxygens (including phenoxy) is 5. The number of aliphatic hydroxyl groups excluding tert-OH is 2. The van der Waals surface area contributed by atoms with Crippen LogP contribution in [0.3, 0.4) is 0 Å². The number of allylic oxidation sites excluding steroid dienone is 18. The van der Waals surface area contributed by atoms with Gasteiger partial charge < -0.3 is 39.0 Å². The summed E-state index contributed by atoms with van der Waals surface area (Å²) in [7, 11) is 0. The minimum Gasteiger partial charge on any atom is -0.479 e. The van der Waals surface area contributed by atoms with Crippen LogP contribution in [0.15, 0.2) is 109 Å². The number of carbonyl (C=O) groups excluding carboxylic acids is 3. The van der Waals surface area contributed by atoms with Gasteiger partial charge in [-0.2, -0.15) is 0 Å².